The van der Waals surface area contributed by atoms with E-state index in [1.807, 2.05) is 0 Å². The summed E-state index contributed by atoms with van der Waals surface area (Å²) in [5.74, 6) is 0. The first-order chi connectivity index (χ1) is 4.21. The van der Waals surface area contributed by atoms with Gasteiger partial charge in [0.15, 0.2) is 0 Å². The summed E-state index contributed by atoms with van der Waals surface area (Å²) in [6, 6.07) is 0. The molecular weight excluding hydrogens is 126 g/mol. The van der Waals surface area contributed by atoms with Gasteiger partial charge in [-0.05, 0) is 12.8 Å². The third-order valence-corrected chi connectivity index (χ3v) is 1.95. The summed E-state index contributed by atoms with van der Waals surface area (Å²) in [7, 11) is 0. The lowest BCUT2D eigenvalue weighted by molar-refractivity contribution is -0.134. The average Bonchev–Trinajstić information content (AvgIpc) is 1.62. The summed E-state index contributed by atoms with van der Waals surface area (Å²) in [4.78, 5) is 10.1. The number of rotatable bonds is 2. The van der Waals surface area contributed by atoms with Crippen LogP contribution in [0.2, 0.25) is 0 Å². The zero-order valence-corrected chi connectivity index (χ0v) is 4.94. The van der Waals surface area contributed by atoms with E-state index in [0.717, 1.165) is 6.42 Å². The Labute approximate surface area is 52.1 Å². The fraction of sp³-hybridized carbons (Fsp3) is 0.833. The molecule has 1 fully saturated rings. The summed E-state index contributed by atoms with van der Waals surface area (Å²) in [6.45, 7) is 0. The third kappa shape index (κ3) is 0.843. The van der Waals surface area contributed by atoms with Crippen LogP contribution in [-0.2, 0) is 4.79 Å². The van der Waals surface area contributed by atoms with Crippen LogP contribution in [0.4, 0.5) is 8.78 Å². The molecule has 0 aromatic rings. The van der Waals surface area contributed by atoms with Gasteiger partial charge in [-0.15, -0.1) is 0 Å². The van der Waals surface area contributed by atoms with Gasteiger partial charge in [0.25, 0.3) is 6.43 Å². The van der Waals surface area contributed by atoms with Crippen molar-refractivity contribution < 1.29 is 13.6 Å². The van der Waals surface area contributed by atoms with Crippen molar-refractivity contribution in [3.63, 3.8) is 0 Å². The largest absolute Gasteiger partial charge is 0.303 e. The van der Waals surface area contributed by atoms with Crippen molar-refractivity contribution in [2.24, 2.45) is 5.41 Å². The van der Waals surface area contributed by atoms with Crippen LogP contribution in [0.25, 0.3) is 0 Å². The minimum absolute atomic E-state index is 0.369. The van der Waals surface area contributed by atoms with Gasteiger partial charge in [-0.25, -0.2) is 8.78 Å². The van der Waals surface area contributed by atoms with Crippen LogP contribution >= 0.6 is 0 Å². The Kier molecular flexibility index (Phi) is 1.51. The Morgan fingerprint density at radius 3 is 2.00 bits per heavy atom. The molecule has 0 aromatic heterocycles. The standard InChI is InChI=1S/C6H8F2O/c7-5(8)6(4-9)2-1-3-6/h4-5H,1-3H2. The number of hydrogen-bond acceptors (Lipinski definition) is 1. The van der Waals surface area contributed by atoms with Crippen LogP contribution in [0.5, 0.6) is 0 Å². The molecule has 0 N–H and O–H groups in total. The van der Waals surface area contributed by atoms with E-state index in [4.69, 9.17) is 0 Å². The van der Waals surface area contributed by atoms with E-state index in [0.29, 0.717) is 19.1 Å². The molecule has 0 bridgehead atoms. The predicted molar refractivity (Wildman–Crippen MR) is 28.4 cm³/mol. The SMILES string of the molecule is O=CC1(C(F)F)CCC1. The number of alkyl halides is 2. The molecule has 0 atom stereocenters. The normalized spacial score (nSPS) is 23.4. The number of hydrogen-bond donors (Lipinski definition) is 0. The minimum Gasteiger partial charge on any atom is -0.303 e. The molecule has 0 spiro atoms. The monoisotopic (exact) mass is 134 g/mol. The van der Waals surface area contributed by atoms with Crippen molar-refractivity contribution in [2.45, 2.75) is 25.7 Å². The van der Waals surface area contributed by atoms with Crippen molar-refractivity contribution in [1.82, 2.24) is 0 Å². The van der Waals surface area contributed by atoms with E-state index in [1.54, 1.807) is 0 Å². The molecule has 0 amide bonds. The Morgan fingerprint density at radius 2 is 2.00 bits per heavy atom. The van der Waals surface area contributed by atoms with E-state index < -0.39 is 11.8 Å². The van der Waals surface area contributed by atoms with Gasteiger partial charge in [-0.3, -0.25) is 0 Å². The third-order valence-electron chi connectivity index (χ3n) is 1.95. The van der Waals surface area contributed by atoms with E-state index in [1.165, 1.54) is 0 Å². The summed E-state index contributed by atoms with van der Waals surface area (Å²) >= 11 is 0. The Bertz CT molecular complexity index is 118. The summed E-state index contributed by atoms with van der Waals surface area (Å²) < 4.78 is 23.8. The molecule has 1 rings (SSSR count). The summed E-state index contributed by atoms with van der Waals surface area (Å²) in [5, 5.41) is 0. The lowest BCUT2D eigenvalue weighted by Gasteiger charge is -2.35. The molecule has 0 aliphatic heterocycles. The van der Waals surface area contributed by atoms with Crippen molar-refractivity contribution >= 4 is 6.29 Å². The molecule has 0 radical (unpaired) electrons. The van der Waals surface area contributed by atoms with Gasteiger partial charge in [-0.2, -0.15) is 0 Å². The van der Waals surface area contributed by atoms with Crippen molar-refractivity contribution in [1.29, 1.82) is 0 Å². The number of carbonyl (C=O) groups excluding carboxylic acids is 1. The Balaban J connectivity index is 2.56. The number of halogens is 2. The second kappa shape index (κ2) is 2.05. The molecule has 9 heavy (non-hydrogen) atoms. The van der Waals surface area contributed by atoms with E-state index in [9.17, 15) is 13.6 Å². The maximum absolute atomic E-state index is 11.9. The fourth-order valence-electron chi connectivity index (χ4n) is 0.973. The first-order valence-corrected chi connectivity index (χ1v) is 2.96. The maximum Gasteiger partial charge on any atom is 0.250 e. The van der Waals surface area contributed by atoms with Gasteiger partial charge in [0.2, 0.25) is 0 Å². The molecule has 0 unspecified atom stereocenters. The highest BCUT2D eigenvalue weighted by molar-refractivity contribution is 5.61. The van der Waals surface area contributed by atoms with Crippen LogP contribution in [0, 0.1) is 5.41 Å². The van der Waals surface area contributed by atoms with Crippen LogP contribution in [0.15, 0.2) is 0 Å². The molecule has 1 aliphatic rings. The van der Waals surface area contributed by atoms with Gasteiger partial charge in [-0.1, -0.05) is 6.42 Å². The van der Waals surface area contributed by atoms with Crippen molar-refractivity contribution in [2.75, 3.05) is 0 Å². The van der Waals surface area contributed by atoms with E-state index >= 15 is 0 Å². The minimum atomic E-state index is -2.45. The highest BCUT2D eigenvalue weighted by atomic mass is 19.3. The van der Waals surface area contributed by atoms with Crippen LogP contribution in [0.3, 0.4) is 0 Å². The lowest BCUT2D eigenvalue weighted by Crippen LogP contribution is -2.38. The molecule has 0 saturated heterocycles. The zero-order chi connectivity index (χ0) is 6.91. The average molecular weight is 134 g/mol. The second-order valence-electron chi connectivity index (χ2n) is 2.51. The Hall–Kier alpha value is -0.470. The van der Waals surface area contributed by atoms with Gasteiger partial charge in [0.1, 0.15) is 6.29 Å². The predicted octanol–water partition coefficient (Wildman–Crippen LogP) is 1.62. The smallest absolute Gasteiger partial charge is 0.250 e. The second-order valence-corrected chi connectivity index (χ2v) is 2.51. The molecule has 0 aromatic carbocycles. The Morgan fingerprint density at radius 1 is 1.44 bits per heavy atom. The van der Waals surface area contributed by atoms with Crippen LogP contribution < -0.4 is 0 Å². The van der Waals surface area contributed by atoms with Gasteiger partial charge < -0.3 is 4.79 Å². The van der Waals surface area contributed by atoms with Gasteiger partial charge in [0.05, 0.1) is 5.41 Å². The maximum atomic E-state index is 11.9. The number of carbonyl (C=O) groups is 1. The topological polar surface area (TPSA) is 17.1 Å². The lowest BCUT2D eigenvalue weighted by atomic mass is 9.70. The highest BCUT2D eigenvalue weighted by Gasteiger charge is 2.45. The first kappa shape index (κ1) is 6.65. The molecule has 52 valence electrons. The highest BCUT2D eigenvalue weighted by Crippen LogP contribution is 2.43. The molecule has 1 aliphatic carbocycles. The van der Waals surface area contributed by atoms with Gasteiger partial charge in [0, 0.05) is 0 Å². The van der Waals surface area contributed by atoms with Gasteiger partial charge >= 0.3 is 0 Å². The summed E-state index contributed by atoms with van der Waals surface area (Å²) in [6.07, 6.45) is -0.546. The van der Waals surface area contributed by atoms with Crippen LogP contribution in [-0.4, -0.2) is 12.7 Å². The molecule has 1 saturated carbocycles. The van der Waals surface area contributed by atoms with Crippen molar-refractivity contribution in [3.8, 4) is 0 Å². The molecule has 0 heterocycles. The van der Waals surface area contributed by atoms with E-state index in [2.05, 4.69) is 0 Å². The number of aldehydes is 1. The zero-order valence-electron chi connectivity index (χ0n) is 4.94. The quantitative estimate of drug-likeness (QED) is 0.524. The molecular formula is C6H8F2O. The van der Waals surface area contributed by atoms with E-state index in [-0.39, 0.29) is 0 Å². The molecule has 1 nitrogen and oxygen atoms in total. The molecule has 3 heteroatoms. The fourth-order valence-corrected chi connectivity index (χ4v) is 0.973. The van der Waals surface area contributed by atoms with Crippen LogP contribution in [0.1, 0.15) is 19.3 Å². The first-order valence-electron chi connectivity index (χ1n) is 2.96. The summed E-state index contributed by atoms with van der Waals surface area (Å²) in [5.41, 5.74) is -1.25. The van der Waals surface area contributed by atoms with Crippen molar-refractivity contribution in [3.05, 3.63) is 0 Å².